The van der Waals surface area contributed by atoms with E-state index in [0.717, 1.165) is 12.1 Å². The van der Waals surface area contributed by atoms with Crippen LogP contribution in [0.3, 0.4) is 0 Å². The average molecular weight is 313 g/mol. The van der Waals surface area contributed by atoms with Crippen molar-refractivity contribution < 1.29 is 14.7 Å². The van der Waals surface area contributed by atoms with E-state index < -0.39 is 12.0 Å². The lowest BCUT2D eigenvalue weighted by atomic mass is 9.93. The standard InChI is InChI=1S/C14H23N3O3S/c1-5-6-9(7-11(18)19)15-12(20)17-13-16-10(8-21-13)14(2,3)4/h8-9H,5-7H2,1-4H3,(H,18,19)(H2,15,16,17,20). The molecule has 0 bridgehead atoms. The number of hydrogen-bond donors (Lipinski definition) is 3. The normalized spacial score (nSPS) is 12.8. The molecular formula is C14H23N3O3S. The molecule has 1 unspecified atom stereocenters. The zero-order valence-corrected chi connectivity index (χ0v) is 13.7. The van der Waals surface area contributed by atoms with E-state index in [-0.39, 0.29) is 17.9 Å². The number of carbonyl (C=O) groups excluding carboxylic acids is 1. The zero-order valence-electron chi connectivity index (χ0n) is 12.9. The van der Waals surface area contributed by atoms with Crippen molar-refractivity contribution >= 4 is 28.5 Å². The Morgan fingerprint density at radius 3 is 2.57 bits per heavy atom. The molecule has 0 aliphatic carbocycles. The van der Waals surface area contributed by atoms with Gasteiger partial charge in [0.15, 0.2) is 5.13 Å². The largest absolute Gasteiger partial charge is 0.481 e. The van der Waals surface area contributed by atoms with Crippen LogP contribution in [0.5, 0.6) is 0 Å². The molecule has 1 atom stereocenters. The zero-order chi connectivity index (χ0) is 16.0. The number of carboxylic acids is 1. The third kappa shape index (κ3) is 6.12. The van der Waals surface area contributed by atoms with Crippen LogP contribution in [0, 0.1) is 0 Å². The van der Waals surface area contributed by atoms with E-state index in [0.29, 0.717) is 11.6 Å². The van der Waals surface area contributed by atoms with E-state index in [4.69, 9.17) is 5.11 Å². The summed E-state index contributed by atoms with van der Waals surface area (Å²) in [5.41, 5.74) is 0.847. The molecule has 1 rings (SSSR count). The average Bonchev–Trinajstić information content (AvgIpc) is 2.76. The van der Waals surface area contributed by atoms with Gasteiger partial charge in [-0.15, -0.1) is 11.3 Å². The quantitative estimate of drug-likeness (QED) is 0.752. The van der Waals surface area contributed by atoms with Crippen molar-refractivity contribution in [1.82, 2.24) is 10.3 Å². The summed E-state index contributed by atoms with van der Waals surface area (Å²) in [4.78, 5) is 27.0. The summed E-state index contributed by atoms with van der Waals surface area (Å²) in [6.07, 6.45) is 1.36. The highest BCUT2D eigenvalue weighted by atomic mass is 32.1. The Morgan fingerprint density at radius 2 is 2.10 bits per heavy atom. The third-order valence-electron chi connectivity index (χ3n) is 2.89. The fourth-order valence-corrected chi connectivity index (χ4v) is 2.71. The second-order valence-corrected chi connectivity index (χ2v) is 6.83. The monoisotopic (exact) mass is 313 g/mol. The van der Waals surface area contributed by atoms with E-state index in [1.165, 1.54) is 11.3 Å². The summed E-state index contributed by atoms with van der Waals surface area (Å²) in [7, 11) is 0. The molecule has 0 saturated carbocycles. The third-order valence-corrected chi connectivity index (χ3v) is 3.64. The van der Waals surface area contributed by atoms with Crippen molar-refractivity contribution in [1.29, 1.82) is 0 Å². The highest BCUT2D eigenvalue weighted by molar-refractivity contribution is 7.13. The maximum atomic E-state index is 11.9. The lowest BCUT2D eigenvalue weighted by Gasteiger charge is -2.16. The van der Waals surface area contributed by atoms with Crippen LogP contribution in [0.25, 0.3) is 0 Å². The molecule has 0 aliphatic heterocycles. The first kappa shape index (κ1) is 17.4. The maximum Gasteiger partial charge on any atom is 0.321 e. The molecule has 0 radical (unpaired) electrons. The molecular weight excluding hydrogens is 290 g/mol. The van der Waals surface area contributed by atoms with Gasteiger partial charge in [0, 0.05) is 16.8 Å². The second-order valence-electron chi connectivity index (χ2n) is 5.97. The Balaban J connectivity index is 2.59. The van der Waals surface area contributed by atoms with Crippen molar-refractivity contribution in [3.8, 4) is 0 Å². The fourth-order valence-electron chi connectivity index (χ4n) is 1.78. The summed E-state index contributed by atoms with van der Waals surface area (Å²) in [6.45, 7) is 8.10. The van der Waals surface area contributed by atoms with Crippen LogP contribution in [-0.4, -0.2) is 28.1 Å². The number of aliphatic carboxylic acids is 1. The van der Waals surface area contributed by atoms with E-state index in [2.05, 4.69) is 36.4 Å². The first-order valence-corrected chi connectivity index (χ1v) is 7.85. The summed E-state index contributed by atoms with van der Waals surface area (Å²) >= 11 is 1.36. The number of amides is 2. The number of nitrogens with zero attached hydrogens (tertiary/aromatic N) is 1. The molecule has 118 valence electrons. The lowest BCUT2D eigenvalue weighted by Crippen LogP contribution is -2.39. The van der Waals surface area contributed by atoms with Crippen LogP contribution >= 0.6 is 11.3 Å². The van der Waals surface area contributed by atoms with Gasteiger partial charge < -0.3 is 10.4 Å². The molecule has 1 aromatic heterocycles. The molecule has 3 N–H and O–H groups in total. The van der Waals surface area contributed by atoms with Gasteiger partial charge in [-0.05, 0) is 6.42 Å². The summed E-state index contributed by atoms with van der Waals surface area (Å²) in [6, 6.07) is -0.779. The minimum absolute atomic E-state index is 0.0685. The highest BCUT2D eigenvalue weighted by Crippen LogP contribution is 2.26. The van der Waals surface area contributed by atoms with Gasteiger partial charge in [-0.2, -0.15) is 0 Å². The number of urea groups is 1. The van der Waals surface area contributed by atoms with Gasteiger partial charge >= 0.3 is 12.0 Å². The minimum atomic E-state index is -0.919. The Hall–Kier alpha value is -1.63. The first-order chi connectivity index (χ1) is 9.72. The van der Waals surface area contributed by atoms with Crippen LogP contribution in [0.2, 0.25) is 0 Å². The SMILES string of the molecule is CCCC(CC(=O)O)NC(=O)Nc1nc(C(C)(C)C)cs1. The van der Waals surface area contributed by atoms with Crippen LogP contribution in [-0.2, 0) is 10.2 Å². The number of aromatic nitrogens is 1. The van der Waals surface area contributed by atoms with Crippen molar-refractivity contribution in [2.24, 2.45) is 0 Å². The van der Waals surface area contributed by atoms with Crippen LogP contribution in [0.1, 0.15) is 52.7 Å². The number of carboxylic acid groups (broad SMARTS) is 1. The predicted molar refractivity (Wildman–Crippen MR) is 83.9 cm³/mol. The molecule has 2 amide bonds. The van der Waals surface area contributed by atoms with E-state index in [9.17, 15) is 9.59 Å². The number of carbonyl (C=O) groups is 2. The summed E-state index contributed by atoms with van der Waals surface area (Å²) in [5.74, 6) is -0.919. The predicted octanol–water partition coefficient (Wildman–Crippen LogP) is 3.21. The molecule has 21 heavy (non-hydrogen) atoms. The van der Waals surface area contributed by atoms with E-state index in [1.54, 1.807) is 0 Å². The Morgan fingerprint density at radius 1 is 1.43 bits per heavy atom. The molecule has 0 spiro atoms. The van der Waals surface area contributed by atoms with Crippen LogP contribution in [0.15, 0.2) is 5.38 Å². The van der Waals surface area contributed by atoms with Gasteiger partial charge in [0.2, 0.25) is 0 Å². The van der Waals surface area contributed by atoms with Gasteiger partial charge in [-0.1, -0.05) is 34.1 Å². The van der Waals surface area contributed by atoms with Gasteiger partial charge in [0.1, 0.15) is 0 Å². The highest BCUT2D eigenvalue weighted by Gasteiger charge is 2.19. The number of rotatable bonds is 6. The molecule has 6 nitrogen and oxygen atoms in total. The molecule has 0 saturated heterocycles. The number of hydrogen-bond acceptors (Lipinski definition) is 4. The maximum absolute atomic E-state index is 11.9. The topological polar surface area (TPSA) is 91.3 Å². The Kier molecular flexibility index (Phi) is 6.14. The fraction of sp³-hybridized carbons (Fsp3) is 0.643. The number of thiazole rings is 1. The van der Waals surface area contributed by atoms with Crippen molar-refractivity contribution in [3.63, 3.8) is 0 Å². The number of anilines is 1. The van der Waals surface area contributed by atoms with Crippen LogP contribution in [0.4, 0.5) is 9.93 Å². The van der Waals surface area contributed by atoms with Gasteiger partial charge in [0.25, 0.3) is 0 Å². The number of nitrogens with one attached hydrogen (secondary N) is 2. The molecule has 7 heteroatoms. The van der Waals surface area contributed by atoms with Gasteiger partial charge in [-0.3, -0.25) is 10.1 Å². The van der Waals surface area contributed by atoms with E-state index >= 15 is 0 Å². The Bertz CT molecular complexity index is 494. The second kappa shape index (κ2) is 7.40. The molecule has 0 aromatic carbocycles. The Labute approximate surface area is 129 Å². The van der Waals surface area contributed by atoms with E-state index in [1.807, 2.05) is 12.3 Å². The van der Waals surface area contributed by atoms with Crippen molar-refractivity contribution in [3.05, 3.63) is 11.1 Å². The molecule has 0 aliphatic rings. The molecule has 1 aromatic rings. The van der Waals surface area contributed by atoms with Crippen molar-refractivity contribution in [2.75, 3.05) is 5.32 Å². The minimum Gasteiger partial charge on any atom is -0.481 e. The van der Waals surface area contributed by atoms with Gasteiger partial charge in [-0.25, -0.2) is 9.78 Å². The lowest BCUT2D eigenvalue weighted by molar-refractivity contribution is -0.137. The van der Waals surface area contributed by atoms with Gasteiger partial charge in [0.05, 0.1) is 12.1 Å². The molecule has 1 heterocycles. The van der Waals surface area contributed by atoms with Crippen LogP contribution < -0.4 is 10.6 Å². The molecule has 0 fully saturated rings. The first-order valence-electron chi connectivity index (χ1n) is 6.97. The van der Waals surface area contributed by atoms with Crippen molar-refractivity contribution in [2.45, 2.75) is 58.4 Å². The summed E-state index contributed by atoms with van der Waals surface area (Å²) < 4.78 is 0. The smallest absolute Gasteiger partial charge is 0.321 e. The summed E-state index contributed by atoms with van der Waals surface area (Å²) in [5, 5.41) is 16.6.